The smallest absolute Gasteiger partial charge is 0.208 e. The zero-order valence-electron chi connectivity index (χ0n) is 5.59. The Morgan fingerprint density at radius 2 is 1.60 bits per heavy atom. The fourth-order valence-electron chi connectivity index (χ4n) is 1.09. The van der Waals surface area contributed by atoms with Crippen LogP contribution in [-0.2, 0) is 9.59 Å². The van der Waals surface area contributed by atoms with Gasteiger partial charge in [-0.15, -0.1) is 0 Å². The summed E-state index contributed by atoms with van der Waals surface area (Å²) in [6.07, 6.45) is 3.97. The van der Waals surface area contributed by atoms with Crippen LogP contribution in [0.2, 0.25) is 0 Å². The van der Waals surface area contributed by atoms with E-state index in [0.29, 0.717) is 12.8 Å². The van der Waals surface area contributed by atoms with Crippen molar-refractivity contribution in [3.8, 4) is 0 Å². The summed E-state index contributed by atoms with van der Waals surface area (Å²) < 4.78 is 0. The molecule has 0 aromatic rings. The normalized spacial score (nSPS) is 20.4. The van der Waals surface area contributed by atoms with Crippen molar-refractivity contribution in [1.82, 2.24) is 10.6 Å². The Morgan fingerprint density at radius 3 is 1.80 bits per heavy atom. The van der Waals surface area contributed by atoms with Gasteiger partial charge in [0.25, 0.3) is 0 Å². The van der Waals surface area contributed by atoms with Crippen LogP contribution in [0, 0.1) is 0 Å². The lowest BCUT2D eigenvalue weighted by Gasteiger charge is -2.40. The van der Waals surface area contributed by atoms with E-state index < -0.39 is 5.66 Å². The average Bonchev–Trinajstić information content (AvgIpc) is 1.84. The van der Waals surface area contributed by atoms with Gasteiger partial charge in [-0.3, -0.25) is 9.59 Å². The van der Waals surface area contributed by atoms with Crippen molar-refractivity contribution in [2.75, 3.05) is 0 Å². The molecule has 0 heterocycles. The Kier molecular flexibility index (Phi) is 1.89. The second-order valence-electron chi connectivity index (χ2n) is 2.46. The summed E-state index contributed by atoms with van der Waals surface area (Å²) in [5.74, 6) is 0. The minimum atomic E-state index is -0.413. The maximum atomic E-state index is 10.0. The number of nitrogens with one attached hydrogen (secondary N) is 2. The van der Waals surface area contributed by atoms with Crippen LogP contribution in [-0.4, -0.2) is 18.5 Å². The summed E-state index contributed by atoms with van der Waals surface area (Å²) in [4.78, 5) is 20.0. The van der Waals surface area contributed by atoms with Gasteiger partial charge in [0.1, 0.15) is 5.66 Å². The topological polar surface area (TPSA) is 58.2 Å². The molecule has 0 radical (unpaired) electrons. The number of hydrogen-bond acceptors (Lipinski definition) is 2. The van der Waals surface area contributed by atoms with Crippen LogP contribution in [0.5, 0.6) is 0 Å². The third-order valence-electron chi connectivity index (χ3n) is 1.88. The van der Waals surface area contributed by atoms with Crippen molar-refractivity contribution in [2.45, 2.75) is 24.9 Å². The van der Waals surface area contributed by atoms with Crippen LogP contribution < -0.4 is 10.6 Å². The number of rotatable bonds is 4. The van der Waals surface area contributed by atoms with Gasteiger partial charge in [-0.25, -0.2) is 0 Å². The molecular formula is C6H10N2O2. The average molecular weight is 142 g/mol. The fourth-order valence-corrected chi connectivity index (χ4v) is 1.09. The Morgan fingerprint density at radius 1 is 1.10 bits per heavy atom. The van der Waals surface area contributed by atoms with Crippen LogP contribution in [0.15, 0.2) is 0 Å². The standard InChI is InChI=1S/C6H10N2O2/c9-4-7-6(8-5-10)2-1-3-6/h4-5H,1-3H2,(H,7,9)(H,8,10). The summed E-state index contributed by atoms with van der Waals surface area (Å²) in [7, 11) is 0. The van der Waals surface area contributed by atoms with Crippen LogP contribution in [0.3, 0.4) is 0 Å². The molecule has 0 unspecified atom stereocenters. The first-order valence-electron chi connectivity index (χ1n) is 3.26. The SMILES string of the molecule is O=CNC1(NC=O)CCC1. The molecule has 56 valence electrons. The number of amides is 2. The van der Waals surface area contributed by atoms with E-state index in [1.807, 2.05) is 0 Å². The van der Waals surface area contributed by atoms with E-state index in [2.05, 4.69) is 10.6 Å². The van der Waals surface area contributed by atoms with Crippen LogP contribution in [0.4, 0.5) is 0 Å². The summed E-state index contributed by atoms with van der Waals surface area (Å²) >= 11 is 0. The van der Waals surface area contributed by atoms with Crippen molar-refractivity contribution < 1.29 is 9.59 Å². The van der Waals surface area contributed by atoms with Crippen LogP contribution >= 0.6 is 0 Å². The van der Waals surface area contributed by atoms with E-state index in [1.54, 1.807) is 0 Å². The highest BCUT2D eigenvalue weighted by molar-refractivity contribution is 5.53. The third kappa shape index (κ3) is 1.10. The van der Waals surface area contributed by atoms with Crippen molar-refractivity contribution >= 4 is 12.8 Å². The largest absolute Gasteiger partial charge is 0.336 e. The number of carbonyl (C=O) groups excluding carboxylic acids is 2. The summed E-state index contributed by atoms with van der Waals surface area (Å²) in [5, 5.41) is 5.15. The minimum absolute atomic E-state index is 0.413. The molecule has 10 heavy (non-hydrogen) atoms. The maximum Gasteiger partial charge on any atom is 0.208 e. The van der Waals surface area contributed by atoms with Gasteiger partial charge in [0.15, 0.2) is 0 Å². The van der Waals surface area contributed by atoms with Gasteiger partial charge in [0.2, 0.25) is 12.8 Å². The Hall–Kier alpha value is -1.06. The first kappa shape index (κ1) is 7.05. The van der Waals surface area contributed by atoms with Gasteiger partial charge >= 0.3 is 0 Å². The van der Waals surface area contributed by atoms with Gasteiger partial charge in [-0.2, -0.15) is 0 Å². The van der Waals surface area contributed by atoms with E-state index >= 15 is 0 Å². The minimum Gasteiger partial charge on any atom is -0.336 e. The van der Waals surface area contributed by atoms with E-state index in [4.69, 9.17) is 0 Å². The monoisotopic (exact) mass is 142 g/mol. The highest BCUT2D eigenvalue weighted by Gasteiger charge is 2.35. The van der Waals surface area contributed by atoms with Crippen molar-refractivity contribution in [2.24, 2.45) is 0 Å². The van der Waals surface area contributed by atoms with E-state index in [9.17, 15) is 9.59 Å². The molecule has 2 N–H and O–H groups in total. The van der Waals surface area contributed by atoms with Gasteiger partial charge in [-0.05, 0) is 19.3 Å². The molecule has 0 aromatic carbocycles. The zero-order chi connectivity index (χ0) is 7.45. The molecule has 1 saturated carbocycles. The molecule has 0 saturated heterocycles. The van der Waals surface area contributed by atoms with Gasteiger partial charge in [0.05, 0.1) is 0 Å². The predicted octanol–water partition coefficient (Wildman–Crippen LogP) is -0.641. The summed E-state index contributed by atoms with van der Waals surface area (Å²) in [5.41, 5.74) is -0.413. The molecule has 0 bridgehead atoms. The highest BCUT2D eigenvalue weighted by atomic mass is 16.1. The molecule has 0 aliphatic heterocycles. The zero-order valence-corrected chi connectivity index (χ0v) is 5.59. The van der Waals surface area contributed by atoms with E-state index in [-0.39, 0.29) is 0 Å². The molecule has 4 heteroatoms. The molecule has 0 aromatic heterocycles. The predicted molar refractivity (Wildman–Crippen MR) is 35.0 cm³/mol. The Bertz CT molecular complexity index is 131. The molecular weight excluding hydrogens is 132 g/mol. The van der Waals surface area contributed by atoms with E-state index in [0.717, 1.165) is 19.3 Å². The van der Waals surface area contributed by atoms with Gasteiger partial charge in [-0.1, -0.05) is 0 Å². The lowest BCUT2D eigenvalue weighted by Crippen LogP contribution is -2.60. The Balaban J connectivity index is 2.41. The Labute approximate surface area is 59.0 Å². The van der Waals surface area contributed by atoms with Crippen molar-refractivity contribution in [3.63, 3.8) is 0 Å². The quantitative estimate of drug-likeness (QED) is 0.405. The van der Waals surface area contributed by atoms with Crippen LogP contribution in [0.25, 0.3) is 0 Å². The van der Waals surface area contributed by atoms with Gasteiger partial charge in [0, 0.05) is 0 Å². The van der Waals surface area contributed by atoms with Crippen molar-refractivity contribution in [1.29, 1.82) is 0 Å². The second-order valence-corrected chi connectivity index (χ2v) is 2.46. The van der Waals surface area contributed by atoms with Crippen LogP contribution in [0.1, 0.15) is 19.3 Å². The maximum absolute atomic E-state index is 10.0. The molecule has 1 aliphatic carbocycles. The number of hydrogen-bond donors (Lipinski definition) is 2. The molecule has 1 aliphatic rings. The first-order chi connectivity index (χ1) is 4.83. The summed E-state index contributed by atoms with van der Waals surface area (Å²) in [6.45, 7) is 0. The summed E-state index contributed by atoms with van der Waals surface area (Å²) in [6, 6.07) is 0. The molecule has 1 fully saturated rings. The number of carbonyl (C=O) groups is 2. The fraction of sp³-hybridized carbons (Fsp3) is 0.667. The van der Waals surface area contributed by atoms with Crippen molar-refractivity contribution in [3.05, 3.63) is 0 Å². The lowest BCUT2D eigenvalue weighted by molar-refractivity contribution is -0.116. The molecule has 1 rings (SSSR count). The molecule has 2 amide bonds. The first-order valence-corrected chi connectivity index (χ1v) is 3.26. The molecule has 0 spiro atoms. The molecule has 4 nitrogen and oxygen atoms in total. The van der Waals surface area contributed by atoms with Gasteiger partial charge < -0.3 is 10.6 Å². The second kappa shape index (κ2) is 2.68. The third-order valence-corrected chi connectivity index (χ3v) is 1.88. The highest BCUT2D eigenvalue weighted by Crippen LogP contribution is 2.27. The lowest BCUT2D eigenvalue weighted by atomic mass is 9.85. The van der Waals surface area contributed by atoms with E-state index in [1.165, 1.54) is 0 Å². The molecule has 0 atom stereocenters.